The molecule has 0 spiro atoms. The smallest absolute Gasteiger partial charge is 0.140 e. The Morgan fingerprint density at radius 3 is 2.48 bits per heavy atom. The Morgan fingerprint density at radius 1 is 1.29 bits per heavy atom. The Morgan fingerprint density at radius 2 is 1.95 bits per heavy atom. The van der Waals surface area contributed by atoms with Gasteiger partial charge in [0.05, 0.1) is 11.0 Å². The molecule has 118 valence electrons. The van der Waals surface area contributed by atoms with Gasteiger partial charge in [-0.2, -0.15) is 0 Å². The number of nitrogens with one attached hydrogen (secondary N) is 1. The number of benzene rings is 1. The SMILES string of the molecule is CC(C)(C)NCc1cc(F)c(SCC2CCCO2)c(F)c1. The van der Waals surface area contributed by atoms with Crippen molar-refractivity contribution in [1.29, 1.82) is 0 Å². The molecule has 0 aromatic heterocycles. The fourth-order valence-corrected chi connectivity index (χ4v) is 3.18. The van der Waals surface area contributed by atoms with Crippen molar-refractivity contribution >= 4 is 11.8 Å². The van der Waals surface area contributed by atoms with Crippen LogP contribution < -0.4 is 5.32 Å². The van der Waals surface area contributed by atoms with E-state index in [-0.39, 0.29) is 16.5 Å². The van der Waals surface area contributed by atoms with Gasteiger partial charge in [0.1, 0.15) is 11.6 Å². The van der Waals surface area contributed by atoms with Crippen molar-refractivity contribution < 1.29 is 13.5 Å². The monoisotopic (exact) mass is 315 g/mol. The zero-order valence-electron chi connectivity index (χ0n) is 12.8. The summed E-state index contributed by atoms with van der Waals surface area (Å²) in [6.45, 7) is 7.27. The van der Waals surface area contributed by atoms with Gasteiger partial charge >= 0.3 is 0 Å². The van der Waals surface area contributed by atoms with E-state index < -0.39 is 11.6 Å². The van der Waals surface area contributed by atoms with Crippen LogP contribution in [0, 0.1) is 11.6 Å². The molecule has 1 saturated heterocycles. The van der Waals surface area contributed by atoms with Gasteiger partial charge in [-0.05, 0) is 51.3 Å². The molecule has 5 heteroatoms. The molecule has 1 aliphatic rings. The molecule has 0 saturated carbocycles. The van der Waals surface area contributed by atoms with Crippen LogP contribution in [-0.4, -0.2) is 24.0 Å². The summed E-state index contributed by atoms with van der Waals surface area (Å²) in [5.74, 6) is -0.361. The van der Waals surface area contributed by atoms with E-state index in [1.54, 1.807) is 0 Å². The molecule has 1 aromatic carbocycles. The highest BCUT2D eigenvalue weighted by molar-refractivity contribution is 7.99. The van der Waals surface area contributed by atoms with Crippen LogP contribution in [0.25, 0.3) is 0 Å². The third-order valence-corrected chi connectivity index (χ3v) is 4.54. The van der Waals surface area contributed by atoms with E-state index in [0.717, 1.165) is 19.4 Å². The predicted octanol–water partition coefficient (Wildman–Crippen LogP) is 4.12. The van der Waals surface area contributed by atoms with Crippen molar-refractivity contribution in [3.8, 4) is 0 Å². The Labute approximate surface area is 129 Å². The van der Waals surface area contributed by atoms with Crippen molar-refractivity contribution in [3.63, 3.8) is 0 Å². The molecule has 0 radical (unpaired) electrons. The Kier molecular flexibility index (Phi) is 5.63. The quantitative estimate of drug-likeness (QED) is 0.826. The molecule has 21 heavy (non-hydrogen) atoms. The van der Waals surface area contributed by atoms with Gasteiger partial charge < -0.3 is 10.1 Å². The fraction of sp³-hybridized carbons (Fsp3) is 0.625. The van der Waals surface area contributed by atoms with Crippen LogP contribution in [0.5, 0.6) is 0 Å². The molecule has 1 fully saturated rings. The third-order valence-electron chi connectivity index (χ3n) is 3.32. The molecule has 0 aliphatic carbocycles. The van der Waals surface area contributed by atoms with Crippen molar-refractivity contribution in [2.45, 2.75) is 56.7 Å². The summed E-state index contributed by atoms with van der Waals surface area (Å²) in [4.78, 5) is 0.102. The molecule has 1 atom stereocenters. The number of halogens is 2. The fourth-order valence-electron chi connectivity index (χ4n) is 2.17. The van der Waals surface area contributed by atoms with Gasteiger partial charge in [0, 0.05) is 24.4 Å². The van der Waals surface area contributed by atoms with Gasteiger partial charge in [-0.25, -0.2) is 8.78 Å². The maximum absolute atomic E-state index is 14.1. The molecular weight excluding hydrogens is 292 g/mol. The average molecular weight is 315 g/mol. The number of hydrogen-bond acceptors (Lipinski definition) is 3. The largest absolute Gasteiger partial charge is 0.377 e. The summed E-state index contributed by atoms with van der Waals surface area (Å²) >= 11 is 1.21. The second-order valence-corrected chi connectivity index (χ2v) is 7.47. The van der Waals surface area contributed by atoms with Gasteiger partial charge in [0.2, 0.25) is 0 Å². The molecule has 2 rings (SSSR count). The molecular formula is C16H23F2NOS. The first-order valence-corrected chi connectivity index (χ1v) is 8.31. The highest BCUT2D eigenvalue weighted by atomic mass is 32.2. The van der Waals surface area contributed by atoms with Crippen LogP contribution in [0.2, 0.25) is 0 Å². The lowest BCUT2D eigenvalue weighted by Crippen LogP contribution is -2.35. The van der Waals surface area contributed by atoms with Crippen molar-refractivity contribution in [3.05, 3.63) is 29.3 Å². The summed E-state index contributed by atoms with van der Waals surface area (Å²) in [6, 6.07) is 2.83. The van der Waals surface area contributed by atoms with E-state index in [1.165, 1.54) is 23.9 Å². The Balaban J connectivity index is 1.99. The van der Waals surface area contributed by atoms with Crippen LogP contribution >= 0.6 is 11.8 Å². The third kappa shape index (κ3) is 5.24. The van der Waals surface area contributed by atoms with Crippen LogP contribution in [0.15, 0.2) is 17.0 Å². The second-order valence-electron chi connectivity index (χ2n) is 6.44. The van der Waals surface area contributed by atoms with Gasteiger partial charge in [-0.3, -0.25) is 0 Å². The van der Waals surface area contributed by atoms with Crippen LogP contribution in [0.4, 0.5) is 8.78 Å². The van der Waals surface area contributed by atoms with E-state index in [1.807, 2.05) is 20.8 Å². The lowest BCUT2D eigenvalue weighted by atomic mass is 10.1. The minimum absolute atomic E-state index is 0.0831. The standard InChI is InChI=1S/C16H23F2NOS/c1-16(2,3)19-9-11-7-13(17)15(14(18)8-11)21-10-12-5-4-6-20-12/h7-8,12,19H,4-6,9-10H2,1-3H3. The predicted molar refractivity (Wildman–Crippen MR) is 82.6 cm³/mol. The van der Waals surface area contributed by atoms with E-state index in [4.69, 9.17) is 4.74 Å². The average Bonchev–Trinajstić information content (AvgIpc) is 2.87. The number of ether oxygens (including phenoxy) is 1. The minimum atomic E-state index is -0.483. The lowest BCUT2D eigenvalue weighted by Gasteiger charge is -2.20. The summed E-state index contributed by atoms with van der Waals surface area (Å²) in [7, 11) is 0. The number of rotatable bonds is 5. The van der Waals surface area contributed by atoms with Crippen molar-refractivity contribution in [2.24, 2.45) is 0 Å². The number of hydrogen-bond donors (Lipinski definition) is 1. The first-order valence-electron chi connectivity index (χ1n) is 7.32. The highest BCUT2D eigenvalue weighted by Gasteiger charge is 2.19. The first-order chi connectivity index (χ1) is 9.85. The minimum Gasteiger partial charge on any atom is -0.377 e. The molecule has 2 nitrogen and oxygen atoms in total. The molecule has 1 N–H and O–H groups in total. The van der Waals surface area contributed by atoms with Gasteiger partial charge in [-0.1, -0.05) is 0 Å². The molecule has 1 heterocycles. The van der Waals surface area contributed by atoms with E-state index in [0.29, 0.717) is 17.9 Å². The van der Waals surface area contributed by atoms with Crippen LogP contribution in [0.1, 0.15) is 39.2 Å². The van der Waals surface area contributed by atoms with E-state index in [9.17, 15) is 8.78 Å². The van der Waals surface area contributed by atoms with Gasteiger partial charge in [-0.15, -0.1) is 11.8 Å². The maximum Gasteiger partial charge on any atom is 0.140 e. The number of thioether (sulfide) groups is 1. The summed E-state index contributed by atoms with van der Waals surface area (Å²) < 4.78 is 33.6. The highest BCUT2D eigenvalue weighted by Crippen LogP contribution is 2.29. The molecule has 1 aromatic rings. The zero-order valence-corrected chi connectivity index (χ0v) is 13.7. The second kappa shape index (κ2) is 7.07. The summed E-state index contributed by atoms with van der Waals surface area (Å²) in [5.41, 5.74) is 0.543. The van der Waals surface area contributed by atoms with Crippen LogP contribution in [0.3, 0.4) is 0 Å². The maximum atomic E-state index is 14.1. The van der Waals surface area contributed by atoms with Gasteiger partial charge in [0.25, 0.3) is 0 Å². The van der Waals surface area contributed by atoms with Crippen LogP contribution in [-0.2, 0) is 11.3 Å². The molecule has 0 amide bonds. The van der Waals surface area contributed by atoms with Crippen molar-refractivity contribution in [2.75, 3.05) is 12.4 Å². The topological polar surface area (TPSA) is 21.3 Å². The molecule has 1 unspecified atom stereocenters. The lowest BCUT2D eigenvalue weighted by molar-refractivity contribution is 0.129. The molecule has 1 aliphatic heterocycles. The Hall–Kier alpha value is -0.650. The first kappa shape index (κ1) is 16.7. The van der Waals surface area contributed by atoms with Crippen molar-refractivity contribution in [1.82, 2.24) is 5.32 Å². The summed E-state index contributed by atoms with van der Waals surface area (Å²) in [6.07, 6.45) is 2.13. The van der Waals surface area contributed by atoms with E-state index in [2.05, 4.69) is 5.32 Å². The van der Waals surface area contributed by atoms with E-state index >= 15 is 0 Å². The van der Waals surface area contributed by atoms with Gasteiger partial charge in [0.15, 0.2) is 0 Å². The zero-order chi connectivity index (χ0) is 15.5. The Bertz CT molecular complexity index is 459. The summed E-state index contributed by atoms with van der Waals surface area (Å²) in [5, 5.41) is 3.23. The molecule has 0 bridgehead atoms. The normalized spacial score (nSPS) is 19.2.